The number of hydrogen-bond donors (Lipinski definition) is 0. The Balaban J connectivity index is 1.38. The van der Waals surface area contributed by atoms with E-state index in [0.717, 1.165) is 30.9 Å². The lowest BCUT2D eigenvalue weighted by Crippen LogP contribution is -2.37. The molecular weight excluding hydrogens is 961 g/mol. The van der Waals surface area contributed by atoms with Crippen LogP contribution in [-0.4, -0.2) is 59.9 Å². The minimum atomic E-state index is -4.32. The molecule has 0 aromatic heterocycles. The first-order chi connectivity index (χ1) is 33.3. The van der Waals surface area contributed by atoms with Crippen LogP contribution in [0.25, 0.3) is 0 Å². The largest absolute Gasteiger partial charge is 0.265 e. The van der Waals surface area contributed by atoms with Crippen LogP contribution in [0.4, 0.5) is 22.7 Å². The average molecular weight is 1020 g/mol. The number of rotatable bonds is 20. The topological polar surface area (TPSA) is 150 Å². The van der Waals surface area contributed by atoms with Crippen LogP contribution in [0, 0.1) is 51.4 Å². The fourth-order valence-electron chi connectivity index (χ4n) is 7.38. The Hall–Kier alpha value is -6.82. The molecule has 16 heteroatoms. The van der Waals surface area contributed by atoms with Gasteiger partial charge in [-0.05, 0) is 127 Å². The van der Waals surface area contributed by atoms with Crippen molar-refractivity contribution in [3.63, 3.8) is 0 Å². The summed E-state index contributed by atoms with van der Waals surface area (Å²) in [6, 6.07) is 38.3. The maximum absolute atomic E-state index is 14.7. The Morgan fingerprint density at radius 2 is 0.586 bits per heavy atom. The van der Waals surface area contributed by atoms with Gasteiger partial charge in [0.2, 0.25) is 0 Å². The zero-order valence-electron chi connectivity index (χ0n) is 39.9. The summed E-state index contributed by atoms with van der Waals surface area (Å²) >= 11 is 0. The lowest BCUT2D eigenvalue weighted by atomic mass is 10.2. The van der Waals surface area contributed by atoms with Crippen LogP contribution in [0.15, 0.2) is 177 Å². The normalized spacial score (nSPS) is 11.8. The predicted molar refractivity (Wildman–Crippen MR) is 281 cm³/mol. The molecule has 0 spiro atoms. The van der Waals surface area contributed by atoms with Crippen molar-refractivity contribution in [1.29, 1.82) is 0 Å². The van der Waals surface area contributed by atoms with Gasteiger partial charge in [0.15, 0.2) is 0 Å². The van der Waals surface area contributed by atoms with Crippen LogP contribution < -0.4 is 17.2 Å². The third-order valence-electron chi connectivity index (χ3n) is 11.2. The van der Waals surface area contributed by atoms with E-state index >= 15 is 0 Å². The monoisotopic (exact) mass is 1020 g/mol. The van der Waals surface area contributed by atoms with Gasteiger partial charge in [0.1, 0.15) is 0 Å². The number of sulfonamides is 4. The molecule has 6 rings (SSSR count). The molecule has 364 valence electrons. The van der Waals surface area contributed by atoms with Crippen molar-refractivity contribution < 1.29 is 33.7 Å². The molecule has 6 aromatic rings. The number of hydrogen-bond acceptors (Lipinski definition) is 8. The molecule has 0 aliphatic carbocycles. The molecule has 0 atom stereocenters. The number of nitrogens with zero attached hydrogens (tertiary/aromatic N) is 4. The predicted octanol–water partition coefficient (Wildman–Crippen LogP) is 9.78. The molecule has 0 saturated carbocycles. The summed E-state index contributed by atoms with van der Waals surface area (Å²) in [5, 5.41) is 0. The fraction of sp³-hybridized carbons (Fsp3) is 0.222. The van der Waals surface area contributed by atoms with Gasteiger partial charge in [-0.3, -0.25) is 17.2 Å². The number of aryl methyl sites for hydroxylation is 4. The van der Waals surface area contributed by atoms with Gasteiger partial charge < -0.3 is 0 Å². The zero-order chi connectivity index (χ0) is 50.7. The molecule has 0 fully saturated rings. The summed E-state index contributed by atoms with van der Waals surface area (Å²) < 4.78 is 121. The highest BCUT2D eigenvalue weighted by Crippen LogP contribution is 2.38. The standard InChI is InChI=1S/C54H56N4O8S4/c1-7-9-39-55(67(59,60)47-31-23-43(3)24-32-47)51-19-13-15-21-53(51)57(69(63,64)49-35-27-45(5)28-36-49)41-17-11-12-18-42-58(70(65,66)50-37-29-46(6)30-38-50)54-22-16-14-20-52(54)56(40-10-8-2)68(61,62)48-33-25-44(4)26-34-48/h11-16,19-38H,17-18,39-42H2,1-6H3/b12-11+. The second kappa shape index (κ2) is 22.7. The van der Waals surface area contributed by atoms with E-state index in [2.05, 4.69) is 23.7 Å². The zero-order valence-corrected chi connectivity index (χ0v) is 43.2. The highest BCUT2D eigenvalue weighted by molar-refractivity contribution is 7.94. The highest BCUT2D eigenvalue weighted by atomic mass is 32.2. The van der Waals surface area contributed by atoms with Crippen molar-refractivity contribution in [3.8, 4) is 23.7 Å². The van der Waals surface area contributed by atoms with Crippen molar-refractivity contribution in [2.75, 3.05) is 43.4 Å². The van der Waals surface area contributed by atoms with E-state index in [-0.39, 0.29) is 81.4 Å². The highest BCUT2D eigenvalue weighted by Gasteiger charge is 2.34. The quantitative estimate of drug-likeness (QED) is 0.0542. The van der Waals surface area contributed by atoms with Crippen LogP contribution in [-0.2, 0) is 40.1 Å². The van der Waals surface area contributed by atoms with Crippen LogP contribution in [0.5, 0.6) is 0 Å². The number of benzene rings is 6. The van der Waals surface area contributed by atoms with E-state index in [1.807, 2.05) is 27.7 Å². The van der Waals surface area contributed by atoms with Gasteiger partial charge in [-0.15, -0.1) is 11.8 Å². The first-order valence-electron chi connectivity index (χ1n) is 22.3. The maximum Gasteiger partial charge on any atom is 0.265 e. The van der Waals surface area contributed by atoms with Crippen LogP contribution in [0.1, 0.15) is 48.9 Å². The minimum Gasteiger partial charge on any atom is -0.264 e. The van der Waals surface area contributed by atoms with Gasteiger partial charge in [0.25, 0.3) is 40.1 Å². The fourth-order valence-corrected chi connectivity index (χ4v) is 13.1. The Morgan fingerprint density at radius 3 is 0.829 bits per heavy atom. The average Bonchev–Trinajstić information content (AvgIpc) is 3.33. The van der Waals surface area contributed by atoms with Crippen molar-refractivity contribution in [1.82, 2.24) is 0 Å². The Bertz CT molecular complexity index is 3180. The third kappa shape index (κ3) is 11.9. The van der Waals surface area contributed by atoms with Gasteiger partial charge >= 0.3 is 0 Å². The lowest BCUT2D eigenvalue weighted by molar-refractivity contribution is 0.588. The number of anilines is 4. The molecule has 0 unspecified atom stereocenters. The van der Waals surface area contributed by atoms with Gasteiger partial charge in [-0.25, -0.2) is 33.7 Å². The van der Waals surface area contributed by atoms with Crippen molar-refractivity contribution >= 4 is 62.8 Å². The molecule has 12 nitrogen and oxygen atoms in total. The van der Waals surface area contributed by atoms with Gasteiger partial charge in [-0.2, -0.15) is 0 Å². The van der Waals surface area contributed by atoms with Gasteiger partial charge in [0.05, 0.1) is 55.4 Å². The first-order valence-corrected chi connectivity index (χ1v) is 28.1. The SMILES string of the molecule is CC#CCN(c1ccccc1N(CC/C=C/CCN(c1ccccc1N(CC#CC)S(=O)(=O)c1ccc(C)cc1)S(=O)(=O)c1ccc(C)cc1)S(=O)(=O)c1ccc(C)cc1)S(=O)(=O)c1ccc(C)cc1. The smallest absolute Gasteiger partial charge is 0.264 e. The molecule has 0 radical (unpaired) electrons. The molecule has 0 saturated heterocycles. The lowest BCUT2D eigenvalue weighted by Gasteiger charge is -2.31. The van der Waals surface area contributed by atoms with E-state index in [0.29, 0.717) is 0 Å². The number of para-hydroxylation sites is 4. The second-order valence-electron chi connectivity index (χ2n) is 16.3. The maximum atomic E-state index is 14.7. The second-order valence-corrected chi connectivity index (χ2v) is 23.8. The van der Waals surface area contributed by atoms with Crippen LogP contribution in [0.2, 0.25) is 0 Å². The Labute approximate surface area is 415 Å². The molecule has 0 aliphatic rings. The first kappa shape index (κ1) is 52.5. The minimum absolute atomic E-state index is 0.00264. The molecular formula is C54H56N4O8S4. The third-order valence-corrected chi connectivity index (χ3v) is 18.4. The summed E-state index contributed by atoms with van der Waals surface area (Å²) in [6.45, 7) is 9.76. The molecule has 6 aromatic carbocycles. The summed E-state index contributed by atoms with van der Waals surface area (Å²) in [6.07, 6.45) is 3.71. The summed E-state index contributed by atoms with van der Waals surface area (Å²) in [4.78, 5) is 0.0187. The van der Waals surface area contributed by atoms with Crippen molar-refractivity contribution in [3.05, 3.63) is 180 Å². The summed E-state index contributed by atoms with van der Waals surface area (Å²) in [7, 11) is -17.1. The van der Waals surface area contributed by atoms with Crippen LogP contribution in [0.3, 0.4) is 0 Å². The van der Waals surface area contributed by atoms with Gasteiger partial charge in [0, 0.05) is 13.1 Å². The summed E-state index contributed by atoms with van der Waals surface area (Å²) in [5.41, 5.74) is 3.83. The van der Waals surface area contributed by atoms with E-state index in [9.17, 15) is 33.7 Å². The van der Waals surface area contributed by atoms with Crippen molar-refractivity contribution in [2.45, 2.75) is 74.0 Å². The molecule has 0 amide bonds. The van der Waals surface area contributed by atoms with E-state index < -0.39 is 40.1 Å². The Morgan fingerprint density at radius 1 is 0.357 bits per heavy atom. The molecule has 0 N–H and O–H groups in total. The van der Waals surface area contributed by atoms with Gasteiger partial charge in [-0.1, -0.05) is 119 Å². The molecule has 0 aliphatic heterocycles. The van der Waals surface area contributed by atoms with E-state index in [4.69, 9.17) is 0 Å². The van der Waals surface area contributed by atoms with E-state index in [1.165, 1.54) is 57.1 Å². The van der Waals surface area contributed by atoms with E-state index in [1.54, 1.807) is 123 Å². The van der Waals surface area contributed by atoms with Crippen LogP contribution >= 0.6 is 0 Å². The molecule has 70 heavy (non-hydrogen) atoms. The molecule has 0 bridgehead atoms. The molecule has 0 heterocycles. The van der Waals surface area contributed by atoms with Crippen molar-refractivity contribution in [2.24, 2.45) is 0 Å². The Kier molecular flexibility index (Phi) is 17.1. The summed E-state index contributed by atoms with van der Waals surface area (Å²) in [5.74, 6) is 11.2.